The van der Waals surface area contributed by atoms with Crippen molar-refractivity contribution in [3.63, 3.8) is 0 Å². The zero-order chi connectivity index (χ0) is 11.7. The molecule has 1 atom stereocenters. The second-order valence-corrected chi connectivity index (χ2v) is 2.77. The average Bonchev–Trinajstić information content (AvgIpc) is 2.15. The van der Waals surface area contributed by atoms with Crippen molar-refractivity contribution >= 4 is 11.9 Å². The Balaban J connectivity index is 3.87. The highest BCUT2D eigenvalue weighted by molar-refractivity contribution is 5.91. The maximum absolute atomic E-state index is 11.0. The number of carbonyl (C=O) groups is 2. The Kier molecular flexibility index (Phi) is 7.27. The summed E-state index contributed by atoms with van der Waals surface area (Å²) in [5, 5.41) is 9.10. The molecule has 0 rings (SSSR count). The predicted molar refractivity (Wildman–Crippen MR) is 52.8 cm³/mol. The molecule has 0 aromatic carbocycles. The van der Waals surface area contributed by atoms with Gasteiger partial charge in [0.2, 0.25) is 6.29 Å². The highest BCUT2D eigenvalue weighted by Crippen LogP contribution is 1.98. The fourth-order valence-corrected chi connectivity index (χ4v) is 0.806. The van der Waals surface area contributed by atoms with Crippen LogP contribution in [0.4, 0.5) is 0 Å². The fraction of sp³-hybridized carbons (Fsp3) is 0.600. The standard InChI is InChI=1S/C10H16O5/c1-3-5-9(12)15-10(13)7-6-8(11)14-4-2/h6-7,9,12H,3-5H2,1-2H3. The van der Waals surface area contributed by atoms with Crippen molar-refractivity contribution in [2.75, 3.05) is 6.61 Å². The third-order valence-electron chi connectivity index (χ3n) is 1.43. The summed E-state index contributed by atoms with van der Waals surface area (Å²) in [6.07, 6.45) is 1.85. The van der Waals surface area contributed by atoms with E-state index in [2.05, 4.69) is 9.47 Å². The molecule has 0 amide bonds. The van der Waals surface area contributed by atoms with Gasteiger partial charge in [0.25, 0.3) is 0 Å². The first-order chi connectivity index (χ1) is 7.10. The van der Waals surface area contributed by atoms with Gasteiger partial charge in [-0.05, 0) is 6.92 Å². The van der Waals surface area contributed by atoms with Crippen molar-refractivity contribution in [1.29, 1.82) is 0 Å². The Bertz CT molecular complexity index is 234. The molecule has 0 fully saturated rings. The van der Waals surface area contributed by atoms with Gasteiger partial charge in [-0.15, -0.1) is 0 Å². The summed E-state index contributed by atoms with van der Waals surface area (Å²) in [5.74, 6) is -1.37. The Morgan fingerprint density at radius 2 is 1.87 bits per heavy atom. The van der Waals surface area contributed by atoms with Crippen LogP contribution in [-0.2, 0) is 19.1 Å². The van der Waals surface area contributed by atoms with E-state index in [1.54, 1.807) is 6.92 Å². The Labute approximate surface area is 88.7 Å². The summed E-state index contributed by atoms with van der Waals surface area (Å²) in [5.41, 5.74) is 0. The molecule has 0 spiro atoms. The molecule has 5 nitrogen and oxygen atoms in total. The van der Waals surface area contributed by atoms with Crippen LogP contribution >= 0.6 is 0 Å². The fourth-order valence-electron chi connectivity index (χ4n) is 0.806. The van der Waals surface area contributed by atoms with E-state index in [1.807, 2.05) is 6.92 Å². The van der Waals surface area contributed by atoms with Crippen LogP contribution < -0.4 is 0 Å². The summed E-state index contributed by atoms with van der Waals surface area (Å²) < 4.78 is 9.09. The molecule has 0 aromatic rings. The molecule has 15 heavy (non-hydrogen) atoms. The SMILES string of the molecule is CCCC(O)OC(=O)C=CC(=O)OCC. The first kappa shape index (κ1) is 13.6. The van der Waals surface area contributed by atoms with Crippen LogP contribution in [0, 0.1) is 0 Å². The van der Waals surface area contributed by atoms with E-state index in [9.17, 15) is 9.59 Å². The van der Waals surface area contributed by atoms with E-state index < -0.39 is 18.2 Å². The quantitative estimate of drug-likeness (QED) is 0.403. The van der Waals surface area contributed by atoms with Gasteiger partial charge in [-0.3, -0.25) is 0 Å². The molecule has 1 unspecified atom stereocenters. The zero-order valence-corrected chi connectivity index (χ0v) is 8.93. The van der Waals surface area contributed by atoms with Crippen LogP contribution in [0.2, 0.25) is 0 Å². The van der Waals surface area contributed by atoms with Crippen LogP contribution in [0.15, 0.2) is 12.2 Å². The molecule has 0 aliphatic rings. The lowest BCUT2D eigenvalue weighted by atomic mass is 10.3. The molecular weight excluding hydrogens is 200 g/mol. The molecule has 5 heteroatoms. The highest BCUT2D eigenvalue weighted by Gasteiger charge is 2.07. The summed E-state index contributed by atoms with van der Waals surface area (Å²) >= 11 is 0. The van der Waals surface area contributed by atoms with Gasteiger partial charge in [-0.25, -0.2) is 9.59 Å². The molecule has 1 N–H and O–H groups in total. The normalized spacial score (nSPS) is 12.5. The molecule has 86 valence electrons. The zero-order valence-electron chi connectivity index (χ0n) is 8.93. The van der Waals surface area contributed by atoms with Crippen molar-refractivity contribution in [1.82, 2.24) is 0 Å². The van der Waals surface area contributed by atoms with Crippen LogP contribution in [0.25, 0.3) is 0 Å². The summed E-state index contributed by atoms with van der Waals surface area (Å²) in [7, 11) is 0. The Hall–Kier alpha value is -1.36. The number of aliphatic hydroxyl groups is 1. The molecule has 0 saturated carbocycles. The largest absolute Gasteiger partial charge is 0.463 e. The molecule has 0 radical (unpaired) electrons. The maximum Gasteiger partial charge on any atom is 0.333 e. The van der Waals surface area contributed by atoms with E-state index in [1.165, 1.54) is 0 Å². The van der Waals surface area contributed by atoms with Crippen molar-refractivity contribution in [2.45, 2.75) is 33.0 Å². The first-order valence-electron chi connectivity index (χ1n) is 4.83. The topological polar surface area (TPSA) is 72.8 Å². The van der Waals surface area contributed by atoms with E-state index in [-0.39, 0.29) is 6.61 Å². The molecule has 0 saturated heterocycles. The predicted octanol–water partition coefficient (Wildman–Crippen LogP) is 0.767. The van der Waals surface area contributed by atoms with Crippen molar-refractivity contribution in [3.05, 3.63) is 12.2 Å². The summed E-state index contributed by atoms with van der Waals surface area (Å²) in [6, 6.07) is 0. The second-order valence-electron chi connectivity index (χ2n) is 2.77. The van der Waals surface area contributed by atoms with E-state index in [4.69, 9.17) is 5.11 Å². The molecule has 0 aliphatic carbocycles. The van der Waals surface area contributed by atoms with Gasteiger partial charge < -0.3 is 14.6 Å². The van der Waals surface area contributed by atoms with Crippen molar-refractivity contribution in [2.24, 2.45) is 0 Å². The first-order valence-corrected chi connectivity index (χ1v) is 4.83. The number of carbonyl (C=O) groups excluding carboxylic acids is 2. The van der Waals surface area contributed by atoms with Crippen LogP contribution in [0.1, 0.15) is 26.7 Å². The smallest absolute Gasteiger partial charge is 0.333 e. The number of rotatable bonds is 6. The molecule has 0 aromatic heterocycles. The van der Waals surface area contributed by atoms with E-state index >= 15 is 0 Å². The number of aliphatic hydroxyl groups excluding tert-OH is 1. The monoisotopic (exact) mass is 216 g/mol. The van der Waals surface area contributed by atoms with Crippen LogP contribution in [0.3, 0.4) is 0 Å². The van der Waals surface area contributed by atoms with Gasteiger partial charge >= 0.3 is 11.9 Å². The molecule has 0 aliphatic heterocycles. The van der Waals surface area contributed by atoms with Gasteiger partial charge in [0.05, 0.1) is 6.61 Å². The van der Waals surface area contributed by atoms with E-state index in [0.717, 1.165) is 12.2 Å². The third kappa shape index (κ3) is 7.69. The van der Waals surface area contributed by atoms with Crippen LogP contribution in [-0.4, -0.2) is 29.9 Å². The number of ether oxygens (including phenoxy) is 2. The van der Waals surface area contributed by atoms with Gasteiger partial charge in [-0.1, -0.05) is 13.3 Å². The van der Waals surface area contributed by atoms with Crippen LogP contribution in [0.5, 0.6) is 0 Å². The summed E-state index contributed by atoms with van der Waals surface area (Å²) in [6.45, 7) is 3.76. The molecule has 0 bridgehead atoms. The van der Waals surface area contributed by atoms with Crippen molar-refractivity contribution in [3.8, 4) is 0 Å². The Morgan fingerprint density at radius 3 is 2.40 bits per heavy atom. The number of hydrogen-bond donors (Lipinski definition) is 1. The lowest BCUT2D eigenvalue weighted by Gasteiger charge is -2.08. The Morgan fingerprint density at radius 1 is 1.27 bits per heavy atom. The highest BCUT2D eigenvalue weighted by atomic mass is 16.6. The maximum atomic E-state index is 11.0. The van der Waals surface area contributed by atoms with E-state index in [0.29, 0.717) is 12.8 Å². The molecule has 0 heterocycles. The van der Waals surface area contributed by atoms with Gasteiger partial charge in [0.15, 0.2) is 0 Å². The average molecular weight is 216 g/mol. The second kappa shape index (κ2) is 7.99. The lowest BCUT2D eigenvalue weighted by molar-refractivity contribution is -0.162. The number of hydrogen-bond acceptors (Lipinski definition) is 5. The summed E-state index contributed by atoms with van der Waals surface area (Å²) in [4.78, 5) is 21.7. The molecular formula is C10H16O5. The minimum atomic E-state index is -1.12. The van der Waals surface area contributed by atoms with Gasteiger partial charge in [0.1, 0.15) is 0 Å². The van der Waals surface area contributed by atoms with Crippen molar-refractivity contribution < 1.29 is 24.2 Å². The lowest BCUT2D eigenvalue weighted by Crippen LogP contribution is -2.15. The minimum absolute atomic E-state index is 0.247. The minimum Gasteiger partial charge on any atom is -0.463 e. The number of esters is 2. The third-order valence-corrected chi connectivity index (χ3v) is 1.43. The van der Waals surface area contributed by atoms with Gasteiger partial charge in [-0.2, -0.15) is 0 Å². The van der Waals surface area contributed by atoms with Gasteiger partial charge in [0, 0.05) is 18.6 Å².